The molecule has 0 spiro atoms. The molecule has 1 unspecified atom stereocenters. The molecule has 17 heavy (non-hydrogen) atoms. The molecule has 0 bridgehead atoms. The Bertz CT molecular complexity index is 507. The minimum Gasteiger partial charge on any atom is -0.359 e. The number of thiazole rings is 1. The molecule has 0 aliphatic heterocycles. The monoisotopic (exact) mass is 312 g/mol. The summed E-state index contributed by atoms with van der Waals surface area (Å²) in [4.78, 5) is 4.61. The number of anilines is 1. The van der Waals surface area contributed by atoms with E-state index in [9.17, 15) is 0 Å². The Balaban J connectivity index is 2.24. The van der Waals surface area contributed by atoms with Gasteiger partial charge >= 0.3 is 0 Å². The van der Waals surface area contributed by atoms with Crippen molar-refractivity contribution in [3.8, 4) is 0 Å². The first kappa shape index (κ1) is 12.8. The van der Waals surface area contributed by atoms with Crippen molar-refractivity contribution in [3.63, 3.8) is 0 Å². The number of fused-ring (bicyclic) bond motifs is 1. The van der Waals surface area contributed by atoms with Crippen LogP contribution in [0, 0.1) is 5.92 Å². The van der Waals surface area contributed by atoms with Gasteiger partial charge in [-0.25, -0.2) is 4.98 Å². The summed E-state index contributed by atoms with van der Waals surface area (Å²) in [7, 11) is 0. The second kappa shape index (κ2) is 5.36. The van der Waals surface area contributed by atoms with E-state index in [1.807, 2.05) is 6.07 Å². The van der Waals surface area contributed by atoms with Crippen LogP contribution in [0.3, 0.4) is 0 Å². The Morgan fingerprint density at radius 1 is 1.41 bits per heavy atom. The predicted octanol–water partition coefficient (Wildman–Crippen LogP) is 4.91. The average Bonchev–Trinajstić information content (AvgIpc) is 2.66. The molecule has 1 heterocycles. The molecule has 0 saturated heterocycles. The minimum atomic E-state index is 0.499. The first-order valence-corrected chi connectivity index (χ1v) is 7.53. The van der Waals surface area contributed by atoms with Gasteiger partial charge in [0.25, 0.3) is 0 Å². The Hall–Kier alpha value is -0.610. The number of nitrogens with one attached hydrogen (secondary N) is 1. The summed E-state index contributed by atoms with van der Waals surface area (Å²) in [5, 5.41) is 4.56. The van der Waals surface area contributed by atoms with Gasteiger partial charge in [0.2, 0.25) is 0 Å². The van der Waals surface area contributed by atoms with E-state index in [0.29, 0.717) is 12.0 Å². The molecule has 1 aromatic carbocycles. The van der Waals surface area contributed by atoms with Crippen molar-refractivity contribution in [1.82, 2.24) is 4.98 Å². The summed E-state index contributed by atoms with van der Waals surface area (Å²) in [5.74, 6) is 0.624. The van der Waals surface area contributed by atoms with E-state index in [1.165, 1.54) is 4.70 Å². The lowest BCUT2D eigenvalue weighted by atomic mass is 10.0. The zero-order chi connectivity index (χ0) is 12.4. The van der Waals surface area contributed by atoms with Gasteiger partial charge in [-0.3, -0.25) is 0 Å². The van der Waals surface area contributed by atoms with E-state index in [1.54, 1.807) is 11.3 Å². The van der Waals surface area contributed by atoms with Crippen LogP contribution in [0.1, 0.15) is 27.2 Å². The molecule has 0 aliphatic rings. The molecule has 92 valence electrons. The molecule has 2 nitrogen and oxygen atoms in total. The molecule has 0 aliphatic carbocycles. The van der Waals surface area contributed by atoms with Gasteiger partial charge in [0, 0.05) is 10.5 Å². The summed E-state index contributed by atoms with van der Waals surface area (Å²) in [6.07, 6.45) is 1.12. The van der Waals surface area contributed by atoms with Gasteiger partial charge in [0.05, 0.1) is 10.2 Å². The average molecular weight is 313 g/mol. The van der Waals surface area contributed by atoms with Crippen molar-refractivity contribution in [2.75, 3.05) is 5.32 Å². The second-order valence-corrected chi connectivity index (χ2v) is 6.48. The fraction of sp³-hybridized carbons (Fsp3) is 0.462. The van der Waals surface area contributed by atoms with Crippen LogP contribution in [0.5, 0.6) is 0 Å². The van der Waals surface area contributed by atoms with Crippen LogP contribution in [0.2, 0.25) is 0 Å². The molecular weight excluding hydrogens is 296 g/mol. The lowest BCUT2D eigenvalue weighted by Crippen LogP contribution is -2.24. The van der Waals surface area contributed by atoms with Crippen LogP contribution in [0.25, 0.3) is 10.2 Å². The molecular formula is C13H17BrN2S. The van der Waals surface area contributed by atoms with Crippen LogP contribution < -0.4 is 5.32 Å². The fourth-order valence-corrected chi connectivity index (χ4v) is 3.34. The highest BCUT2D eigenvalue weighted by Crippen LogP contribution is 2.29. The Labute approximate surface area is 115 Å². The highest BCUT2D eigenvalue weighted by molar-refractivity contribution is 9.10. The number of benzene rings is 1. The Kier molecular flexibility index (Phi) is 4.05. The number of nitrogens with zero attached hydrogens (tertiary/aromatic N) is 1. The lowest BCUT2D eigenvalue weighted by Gasteiger charge is -2.19. The molecule has 2 rings (SSSR count). The van der Waals surface area contributed by atoms with Gasteiger partial charge in [0.1, 0.15) is 0 Å². The molecule has 1 aromatic heterocycles. The molecule has 1 atom stereocenters. The summed E-state index contributed by atoms with van der Waals surface area (Å²) >= 11 is 5.21. The van der Waals surface area contributed by atoms with Crippen molar-refractivity contribution in [2.45, 2.75) is 33.2 Å². The summed E-state index contributed by atoms with van der Waals surface area (Å²) in [6.45, 7) is 6.69. The van der Waals surface area contributed by atoms with E-state index in [0.717, 1.165) is 21.5 Å². The molecule has 2 aromatic rings. The van der Waals surface area contributed by atoms with E-state index < -0.39 is 0 Å². The van der Waals surface area contributed by atoms with Crippen LogP contribution in [0.15, 0.2) is 22.7 Å². The fourth-order valence-electron chi connectivity index (χ4n) is 1.86. The molecule has 0 saturated carbocycles. The second-order valence-electron chi connectivity index (χ2n) is 4.53. The van der Waals surface area contributed by atoms with Crippen molar-refractivity contribution in [3.05, 3.63) is 22.7 Å². The standard InChI is InChI=1S/C13H17BrN2S/c1-4-10(8(2)3)15-13-16-11-6-5-9(14)7-12(11)17-13/h5-8,10H,4H2,1-3H3,(H,15,16). The number of hydrogen-bond acceptors (Lipinski definition) is 3. The van der Waals surface area contributed by atoms with E-state index in [-0.39, 0.29) is 0 Å². The van der Waals surface area contributed by atoms with Crippen molar-refractivity contribution in [2.24, 2.45) is 5.92 Å². The highest BCUT2D eigenvalue weighted by Gasteiger charge is 2.13. The Morgan fingerprint density at radius 2 is 2.18 bits per heavy atom. The van der Waals surface area contributed by atoms with Gasteiger partial charge in [-0.15, -0.1) is 0 Å². The van der Waals surface area contributed by atoms with Crippen LogP contribution in [-0.2, 0) is 0 Å². The molecule has 4 heteroatoms. The maximum atomic E-state index is 4.61. The zero-order valence-electron chi connectivity index (χ0n) is 10.3. The number of rotatable bonds is 4. The summed E-state index contributed by atoms with van der Waals surface area (Å²) in [6, 6.07) is 6.70. The smallest absolute Gasteiger partial charge is 0.184 e. The lowest BCUT2D eigenvalue weighted by molar-refractivity contribution is 0.511. The molecule has 0 amide bonds. The van der Waals surface area contributed by atoms with Crippen molar-refractivity contribution in [1.29, 1.82) is 0 Å². The topological polar surface area (TPSA) is 24.9 Å². The van der Waals surface area contributed by atoms with Crippen molar-refractivity contribution < 1.29 is 0 Å². The summed E-state index contributed by atoms with van der Waals surface area (Å²) in [5.41, 5.74) is 1.07. The van der Waals surface area contributed by atoms with E-state index in [2.05, 4.69) is 59.1 Å². The maximum absolute atomic E-state index is 4.61. The van der Waals surface area contributed by atoms with Gasteiger partial charge in [-0.05, 0) is 30.5 Å². The van der Waals surface area contributed by atoms with Gasteiger partial charge in [-0.1, -0.05) is 48.0 Å². The summed E-state index contributed by atoms with van der Waals surface area (Å²) < 4.78 is 2.33. The van der Waals surface area contributed by atoms with Gasteiger partial charge < -0.3 is 5.32 Å². The molecule has 0 radical (unpaired) electrons. The van der Waals surface area contributed by atoms with Crippen LogP contribution in [0.4, 0.5) is 5.13 Å². The number of hydrogen-bond donors (Lipinski definition) is 1. The Morgan fingerprint density at radius 3 is 2.82 bits per heavy atom. The van der Waals surface area contributed by atoms with E-state index in [4.69, 9.17) is 0 Å². The third-order valence-corrected chi connectivity index (χ3v) is 4.35. The minimum absolute atomic E-state index is 0.499. The third kappa shape index (κ3) is 2.99. The maximum Gasteiger partial charge on any atom is 0.184 e. The van der Waals surface area contributed by atoms with Gasteiger partial charge in [0.15, 0.2) is 5.13 Å². The van der Waals surface area contributed by atoms with Crippen LogP contribution >= 0.6 is 27.3 Å². The largest absolute Gasteiger partial charge is 0.359 e. The van der Waals surface area contributed by atoms with Crippen molar-refractivity contribution >= 4 is 42.6 Å². The van der Waals surface area contributed by atoms with Gasteiger partial charge in [-0.2, -0.15) is 0 Å². The zero-order valence-corrected chi connectivity index (χ0v) is 12.7. The van der Waals surface area contributed by atoms with E-state index >= 15 is 0 Å². The van der Waals surface area contributed by atoms with Crippen LogP contribution in [-0.4, -0.2) is 11.0 Å². The highest BCUT2D eigenvalue weighted by atomic mass is 79.9. The third-order valence-electron chi connectivity index (χ3n) is 2.90. The first-order chi connectivity index (χ1) is 8.10. The SMILES string of the molecule is CCC(Nc1nc2ccc(Br)cc2s1)C(C)C. The molecule has 0 fully saturated rings. The molecule has 1 N–H and O–H groups in total. The number of aromatic nitrogens is 1. The normalized spacial score (nSPS) is 13.2. The number of halogens is 1. The predicted molar refractivity (Wildman–Crippen MR) is 79.9 cm³/mol. The quantitative estimate of drug-likeness (QED) is 0.868. The first-order valence-electron chi connectivity index (χ1n) is 5.92.